The summed E-state index contributed by atoms with van der Waals surface area (Å²) in [7, 11) is 0. The molecule has 3 aromatic rings. The van der Waals surface area contributed by atoms with Crippen molar-refractivity contribution in [2.45, 2.75) is 6.42 Å². The Morgan fingerprint density at radius 1 is 1.08 bits per heavy atom. The zero-order chi connectivity index (χ0) is 17.2. The smallest absolute Gasteiger partial charge is 0.250 e. The number of primary amides is 1. The van der Waals surface area contributed by atoms with Gasteiger partial charge in [0.1, 0.15) is 11.3 Å². The highest BCUT2D eigenvalue weighted by atomic mass is 16.1. The van der Waals surface area contributed by atoms with Crippen LogP contribution in [-0.4, -0.2) is 42.1 Å². The first-order chi connectivity index (χ1) is 12.2. The maximum atomic E-state index is 11.6. The number of benzene rings is 2. The Hall–Kier alpha value is -2.86. The summed E-state index contributed by atoms with van der Waals surface area (Å²) in [4.78, 5) is 21.8. The lowest BCUT2D eigenvalue weighted by Gasteiger charge is -2.22. The Balaban J connectivity index is 1.65. The number of fused-ring (bicyclic) bond motifs is 1. The lowest BCUT2D eigenvalue weighted by molar-refractivity contribution is 0.100. The maximum absolute atomic E-state index is 11.6. The Morgan fingerprint density at radius 3 is 2.72 bits per heavy atom. The third-order valence-corrected chi connectivity index (χ3v) is 4.62. The molecule has 1 aliphatic heterocycles. The fourth-order valence-corrected chi connectivity index (χ4v) is 3.30. The SMILES string of the molecule is NC(=O)c1cccc2[nH]c(-c3ccc(N4CCCNCC4)cc3)nc12. The number of imidazole rings is 1. The molecule has 1 saturated heterocycles. The van der Waals surface area contributed by atoms with E-state index >= 15 is 0 Å². The minimum absolute atomic E-state index is 0.439. The zero-order valence-electron chi connectivity index (χ0n) is 14.0. The van der Waals surface area contributed by atoms with Gasteiger partial charge >= 0.3 is 0 Å². The van der Waals surface area contributed by atoms with Gasteiger partial charge in [0.15, 0.2) is 0 Å². The topological polar surface area (TPSA) is 87.0 Å². The number of amides is 1. The van der Waals surface area contributed by atoms with Gasteiger partial charge < -0.3 is 20.9 Å². The summed E-state index contributed by atoms with van der Waals surface area (Å²) in [6.07, 6.45) is 1.15. The van der Waals surface area contributed by atoms with Crippen LogP contribution in [0.1, 0.15) is 16.8 Å². The number of nitrogens with zero attached hydrogens (tertiary/aromatic N) is 2. The maximum Gasteiger partial charge on any atom is 0.250 e. The minimum Gasteiger partial charge on any atom is -0.370 e. The Morgan fingerprint density at radius 2 is 1.92 bits per heavy atom. The van der Waals surface area contributed by atoms with Gasteiger partial charge in [-0.2, -0.15) is 0 Å². The third kappa shape index (κ3) is 3.08. The summed E-state index contributed by atoms with van der Waals surface area (Å²) in [5.41, 5.74) is 9.52. The summed E-state index contributed by atoms with van der Waals surface area (Å²) in [6.45, 7) is 4.18. The first-order valence-corrected chi connectivity index (χ1v) is 8.57. The highest BCUT2D eigenvalue weighted by Crippen LogP contribution is 2.25. The van der Waals surface area contributed by atoms with E-state index in [2.05, 4.69) is 44.5 Å². The molecule has 1 aliphatic rings. The van der Waals surface area contributed by atoms with Crippen molar-refractivity contribution >= 4 is 22.6 Å². The molecule has 4 rings (SSSR count). The summed E-state index contributed by atoms with van der Waals surface area (Å²) < 4.78 is 0. The third-order valence-electron chi connectivity index (χ3n) is 4.62. The van der Waals surface area contributed by atoms with Crippen LogP contribution in [0.25, 0.3) is 22.4 Å². The number of H-pyrrole nitrogens is 1. The molecule has 0 unspecified atom stereocenters. The molecule has 1 amide bonds. The molecule has 1 aromatic heterocycles. The summed E-state index contributed by atoms with van der Waals surface area (Å²) >= 11 is 0. The number of anilines is 1. The van der Waals surface area contributed by atoms with Crippen LogP contribution in [0.3, 0.4) is 0 Å². The molecular formula is C19H21N5O. The van der Waals surface area contributed by atoms with E-state index in [9.17, 15) is 4.79 Å². The number of para-hydroxylation sites is 1. The van der Waals surface area contributed by atoms with E-state index in [-0.39, 0.29) is 0 Å². The molecule has 1 fully saturated rings. The Bertz CT molecular complexity index is 892. The predicted molar refractivity (Wildman–Crippen MR) is 99.7 cm³/mol. The Kier molecular flexibility index (Phi) is 4.11. The van der Waals surface area contributed by atoms with E-state index in [1.807, 2.05) is 6.07 Å². The quantitative estimate of drug-likeness (QED) is 0.684. The van der Waals surface area contributed by atoms with Crippen LogP contribution in [-0.2, 0) is 0 Å². The highest BCUT2D eigenvalue weighted by Gasteiger charge is 2.13. The molecule has 6 nitrogen and oxygen atoms in total. The van der Waals surface area contributed by atoms with Gasteiger partial charge in [0.2, 0.25) is 0 Å². The minimum atomic E-state index is -0.464. The van der Waals surface area contributed by atoms with E-state index in [1.54, 1.807) is 12.1 Å². The van der Waals surface area contributed by atoms with Gasteiger partial charge in [-0.25, -0.2) is 4.98 Å². The van der Waals surface area contributed by atoms with Crippen molar-refractivity contribution < 1.29 is 4.79 Å². The van der Waals surface area contributed by atoms with E-state index < -0.39 is 5.91 Å². The molecule has 4 N–H and O–H groups in total. The van der Waals surface area contributed by atoms with Crippen LogP contribution in [0, 0.1) is 0 Å². The second-order valence-electron chi connectivity index (χ2n) is 6.29. The number of carbonyl (C=O) groups is 1. The number of nitrogens with two attached hydrogens (primary N) is 1. The first-order valence-electron chi connectivity index (χ1n) is 8.57. The zero-order valence-corrected chi connectivity index (χ0v) is 14.0. The number of nitrogens with one attached hydrogen (secondary N) is 2. The number of carbonyl (C=O) groups excluding carboxylic acids is 1. The van der Waals surface area contributed by atoms with Gasteiger partial charge in [-0.3, -0.25) is 4.79 Å². The number of hydrogen-bond donors (Lipinski definition) is 3. The van der Waals surface area contributed by atoms with Gasteiger partial charge in [0.05, 0.1) is 11.1 Å². The van der Waals surface area contributed by atoms with Gasteiger partial charge in [-0.15, -0.1) is 0 Å². The number of rotatable bonds is 3. The van der Waals surface area contributed by atoms with Crippen LogP contribution in [0.4, 0.5) is 5.69 Å². The lowest BCUT2D eigenvalue weighted by atomic mass is 10.2. The second kappa shape index (κ2) is 6.57. The average molecular weight is 335 g/mol. The average Bonchev–Trinajstić information content (AvgIpc) is 2.88. The van der Waals surface area contributed by atoms with Crippen molar-refractivity contribution in [3.8, 4) is 11.4 Å². The molecule has 2 heterocycles. The van der Waals surface area contributed by atoms with Crippen molar-refractivity contribution in [1.29, 1.82) is 0 Å². The summed E-state index contributed by atoms with van der Waals surface area (Å²) in [6, 6.07) is 13.8. The molecule has 0 spiro atoms. The molecule has 0 bridgehead atoms. The fraction of sp³-hybridized carbons (Fsp3) is 0.263. The molecule has 0 atom stereocenters. The van der Waals surface area contributed by atoms with Crippen molar-refractivity contribution in [2.24, 2.45) is 5.73 Å². The molecule has 0 saturated carbocycles. The molecule has 128 valence electrons. The van der Waals surface area contributed by atoms with Crippen LogP contribution < -0.4 is 16.0 Å². The first kappa shape index (κ1) is 15.7. The van der Waals surface area contributed by atoms with Crippen LogP contribution in [0.15, 0.2) is 42.5 Å². The second-order valence-corrected chi connectivity index (χ2v) is 6.29. The lowest BCUT2D eigenvalue weighted by Crippen LogP contribution is -2.27. The fourth-order valence-electron chi connectivity index (χ4n) is 3.30. The van der Waals surface area contributed by atoms with Crippen molar-refractivity contribution in [3.05, 3.63) is 48.0 Å². The van der Waals surface area contributed by atoms with E-state index in [4.69, 9.17) is 5.73 Å². The summed E-state index contributed by atoms with van der Waals surface area (Å²) in [5, 5.41) is 3.42. The molecule has 6 heteroatoms. The van der Waals surface area contributed by atoms with E-state index in [0.717, 1.165) is 49.5 Å². The number of aromatic amines is 1. The van der Waals surface area contributed by atoms with Crippen molar-refractivity contribution in [2.75, 3.05) is 31.1 Å². The van der Waals surface area contributed by atoms with Gasteiger partial charge in [-0.1, -0.05) is 6.07 Å². The van der Waals surface area contributed by atoms with E-state index in [1.165, 1.54) is 5.69 Å². The monoisotopic (exact) mass is 335 g/mol. The van der Waals surface area contributed by atoms with Crippen LogP contribution >= 0.6 is 0 Å². The molecule has 0 radical (unpaired) electrons. The normalized spacial score (nSPS) is 15.3. The van der Waals surface area contributed by atoms with Crippen LogP contribution in [0.5, 0.6) is 0 Å². The van der Waals surface area contributed by atoms with Gasteiger partial charge in [0.25, 0.3) is 5.91 Å². The van der Waals surface area contributed by atoms with Gasteiger partial charge in [-0.05, 0) is 49.4 Å². The molecule has 0 aliphatic carbocycles. The summed E-state index contributed by atoms with van der Waals surface area (Å²) in [5.74, 6) is 0.279. The van der Waals surface area contributed by atoms with Gasteiger partial charge in [0, 0.05) is 30.9 Å². The number of hydrogen-bond acceptors (Lipinski definition) is 4. The van der Waals surface area contributed by atoms with Crippen LogP contribution in [0.2, 0.25) is 0 Å². The molecule has 25 heavy (non-hydrogen) atoms. The van der Waals surface area contributed by atoms with Crippen molar-refractivity contribution in [1.82, 2.24) is 15.3 Å². The Labute approximate surface area is 146 Å². The number of aromatic nitrogens is 2. The highest BCUT2D eigenvalue weighted by molar-refractivity contribution is 6.04. The molecular weight excluding hydrogens is 314 g/mol. The van der Waals surface area contributed by atoms with E-state index in [0.29, 0.717) is 11.1 Å². The largest absolute Gasteiger partial charge is 0.370 e. The molecule has 2 aromatic carbocycles. The van der Waals surface area contributed by atoms with Crippen molar-refractivity contribution in [3.63, 3.8) is 0 Å². The predicted octanol–water partition coefficient (Wildman–Crippen LogP) is 2.13. The standard InChI is InChI=1S/C19H21N5O/c20-18(25)15-3-1-4-16-17(15)23-19(22-16)13-5-7-14(8-6-13)24-11-2-9-21-10-12-24/h1,3-8,21H,2,9-12H2,(H2,20,25)(H,22,23).